The van der Waals surface area contributed by atoms with Crippen molar-refractivity contribution in [3.63, 3.8) is 0 Å². The van der Waals surface area contributed by atoms with Crippen molar-refractivity contribution >= 4 is 35.0 Å². The van der Waals surface area contributed by atoms with Gasteiger partial charge >= 0.3 is 0 Å². The van der Waals surface area contributed by atoms with Crippen LogP contribution in [0.4, 0.5) is 5.69 Å². The van der Waals surface area contributed by atoms with E-state index in [2.05, 4.69) is 15.5 Å². The van der Waals surface area contributed by atoms with Crippen LogP contribution >= 0.6 is 23.4 Å². The van der Waals surface area contributed by atoms with E-state index in [9.17, 15) is 4.79 Å². The van der Waals surface area contributed by atoms with Crippen LogP contribution in [0.3, 0.4) is 0 Å². The molecule has 0 saturated heterocycles. The summed E-state index contributed by atoms with van der Waals surface area (Å²) in [6.07, 6.45) is 0. The summed E-state index contributed by atoms with van der Waals surface area (Å²) in [5.41, 5.74) is 1.69. The summed E-state index contributed by atoms with van der Waals surface area (Å²) in [4.78, 5) is 12.1. The quantitative estimate of drug-likeness (QED) is 0.701. The minimum Gasteiger partial charge on any atom is -0.325 e. The van der Waals surface area contributed by atoms with Crippen LogP contribution in [-0.4, -0.2) is 26.4 Å². The topological polar surface area (TPSA) is 59.8 Å². The van der Waals surface area contributed by atoms with Crippen LogP contribution < -0.4 is 5.32 Å². The lowest BCUT2D eigenvalue weighted by atomic mass is 10.3. The van der Waals surface area contributed by atoms with Crippen molar-refractivity contribution in [2.24, 2.45) is 0 Å². The van der Waals surface area contributed by atoms with Gasteiger partial charge in [0, 0.05) is 16.4 Å². The summed E-state index contributed by atoms with van der Waals surface area (Å²) in [6.45, 7) is 1.87. The van der Waals surface area contributed by atoms with Gasteiger partial charge in [-0.2, -0.15) is 0 Å². The first-order chi connectivity index (χ1) is 11.6. The predicted molar refractivity (Wildman–Crippen MR) is 96.9 cm³/mol. The Kier molecular flexibility index (Phi) is 5.17. The zero-order chi connectivity index (χ0) is 16.9. The lowest BCUT2D eigenvalue weighted by Gasteiger charge is -2.08. The van der Waals surface area contributed by atoms with Crippen LogP contribution in [0.5, 0.6) is 0 Å². The first-order valence-electron chi connectivity index (χ1n) is 7.29. The van der Waals surface area contributed by atoms with E-state index in [0.717, 1.165) is 17.2 Å². The van der Waals surface area contributed by atoms with Crippen molar-refractivity contribution in [3.8, 4) is 5.69 Å². The van der Waals surface area contributed by atoms with Gasteiger partial charge in [-0.3, -0.25) is 9.36 Å². The maximum absolute atomic E-state index is 12.1. The monoisotopic (exact) mass is 358 g/mol. The number of amides is 1. The SMILES string of the molecule is Cc1nnc(SCC(=O)Nc2ccccc2)n1-c1ccc(Cl)cc1. The Labute approximate surface area is 149 Å². The van der Waals surface area contributed by atoms with E-state index in [1.807, 2.05) is 66.1 Å². The molecule has 0 bridgehead atoms. The Morgan fingerprint density at radius 3 is 2.54 bits per heavy atom. The average molecular weight is 359 g/mol. The lowest BCUT2D eigenvalue weighted by Crippen LogP contribution is -2.14. The molecule has 0 aliphatic heterocycles. The summed E-state index contributed by atoms with van der Waals surface area (Å²) >= 11 is 7.27. The smallest absolute Gasteiger partial charge is 0.234 e. The highest BCUT2D eigenvalue weighted by Crippen LogP contribution is 2.23. The number of carbonyl (C=O) groups excluding carboxylic acids is 1. The molecular weight excluding hydrogens is 344 g/mol. The van der Waals surface area contributed by atoms with E-state index < -0.39 is 0 Å². The fraction of sp³-hybridized carbons (Fsp3) is 0.118. The number of hydrogen-bond donors (Lipinski definition) is 1. The second kappa shape index (κ2) is 7.51. The molecule has 1 aromatic heterocycles. The van der Waals surface area contributed by atoms with Gasteiger partial charge in [0.15, 0.2) is 5.16 Å². The van der Waals surface area contributed by atoms with Crippen LogP contribution in [0.1, 0.15) is 5.82 Å². The fourth-order valence-corrected chi connectivity index (χ4v) is 3.10. The highest BCUT2D eigenvalue weighted by molar-refractivity contribution is 7.99. The van der Waals surface area contributed by atoms with Gasteiger partial charge in [-0.05, 0) is 43.3 Å². The molecule has 1 heterocycles. The summed E-state index contributed by atoms with van der Waals surface area (Å²) in [7, 11) is 0. The second-order valence-corrected chi connectivity index (χ2v) is 6.42. The Morgan fingerprint density at radius 2 is 1.83 bits per heavy atom. The van der Waals surface area contributed by atoms with Crippen molar-refractivity contribution in [3.05, 3.63) is 65.4 Å². The Hall–Kier alpha value is -2.31. The molecule has 0 aliphatic carbocycles. The molecule has 1 N–H and O–H groups in total. The first-order valence-corrected chi connectivity index (χ1v) is 8.65. The van der Waals surface area contributed by atoms with Gasteiger partial charge in [0.25, 0.3) is 0 Å². The van der Waals surface area contributed by atoms with E-state index in [1.165, 1.54) is 11.8 Å². The van der Waals surface area contributed by atoms with Crippen LogP contribution in [-0.2, 0) is 4.79 Å². The molecule has 24 heavy (non-hydrogen) atoms. The van der Waals surface area contributed by atoms with E-state index in [0.29, 0.717) is 10.2 Å². The van der Waals surface area contributed by atoms with E-state index in [-0.39, 0.29) is 11.7 Å². The number of nitrogens with zero attached hydrogens (tertiary/aromatic N) is 3. The van der Waals surface area contributed by atoms with Crippen LogP contribution in [0, 0.1) is 6.92 Å². The number of aryl methyl sites for hydroxylation is 1. The Bertz CT molecular complexity index is 834. The number of para-hydroxylation sites is 1. The van der Waals surface area contributed by atoms with Gasteiger partial charge in [0.05, 0.1) is 5.75 Å². The molecule has 5 nitrogen and oxygen atoms in total. The average Bonchev–Trinajstić information content (AvgIpc) is 2.95. The number of anilines is 1. The maximum atomic E-state index is 12.1. The Morgan fingerprint density at radius 1 is 1.12 bits per heavy atom. The van der Waals surface area contributed by atoms with Gasteiger partial charge in [-0.1, -0.05) is 41.6 Å². The molecule has 2 aromatic carbocycles. The van der Waals surface area contributed by atoms with Crippen LogP contribution in [0.2, 0.25) is 5.02 Å². The molecule has 0 atom stereocenters. The van der Waals surface area contributed by atoms with E-state index in [4.69, 9.17) is 11.6 Å². The molecule has 1 amide bonds. The van der Waals surface area contributed by atoms with Gasteiger partial charge in [-0.25, -0.2) is 0 Å². The first kappa shape index (κ1) is 16.5. The highest BCUT2D eigenvalue weighted by Gasteiger charge is 2.13. The largest absolute Gasteiger partial charge is 0.325 e. The minimum atomic E-state index is -0.0884. The third-order valence-corrected chi connectivity index (χ3v) is 4.45. The van der Waals surface area contributed by atoms with Crippen molar-refractivity contribution in [2.45, 2.75) is 12.1 Å². The number of thioether (sulfide) groups is 1. The molecule has 0 saturated carbocycles. The van der Waals surface area contributed by atoms with Crippen molar-refractivity contribution in [1.82, 2.24) is 14.8 Å². The second-order valence-electron chi connectivity index (χ2n) is 5.04. The molecule has 3 aromatic rings. The number of aromatic nitrogens is 3. The summed E-state index contributed by atoms with van der Waals surface area (Å²) in [5.74, 6) is 0.915. The molecule has 7 heteroatoms. The van der Waals surface area contributed by atoms with Gasteiger partial charge in [-0.15, -0.1) is 10.2 Å². The van der Waals surface area contributed by atoms with Crippen molar-refractivity contribution in [1.29, 1.82) is 0 Å². The maximum Gasteiger partial charge on any atom is 0.234 e. The molecule has 122 valence electrons. The Balaban J connectivity index is 1.70. The normalized spacial score (nSPS) is 10.6. The molecule has 0 aliphatic rings. The van der Waals surface area contributed by atoms with Crippen molar-refractivity contribution in [2.75, 3.05) is 11.1 Å². The fourth-order valence-electron chi connectivity index (χ4n) is 2.17. The summed E-state index contributed by atoms with van der Waals surface area (Å²) in [6, 6.07) is 16.8. The standard InChI is InChI=1S/C17H15ClN4OS/c1-12-20-21-17(22(12)15-9-7-13(18)8-10-15)24-11-16(23)19-14-5-3-2-4-6-14/h2-10H,11H2,1H3,(H,19,23). The predicted octanol–water partition coefficient (Wildman–Crippen LogP) is 3.96. The molecule has 0 spiro atoms. The zero-order valence-corrected chi connectivity index (χ0v) is 14.5. The summed E-state index contributed by atoms with van der Waals surface area (Å²) < 4.78 is 1.90. The molecule has 0 fully saturated rings. The van der Waals surface area contributed by atoms with Gasteiger partial charge in [0.1, 0.15) is 5.82 Å². The highest BCUT2D eigenvalue weighted by atomic mass is 35.5. The van der Waals surface area contributed by atoms with Crippen molar-refractivity contribution < 1.29 is 4.79 Å². The van der Waals surface area contributed by atoms with Crippen LogP contribution in [0.25, 0.3) is 5.69 Å². The summed E-state index contributed by atoms with van der Waals surface area (Å²) in [5, 5.41) is 12.4. The third kappa shape index (κ3) is 3.96. The molecular formula is C17H15ClN4OS. The minimum absolute atomic E-state index is 0.0884. The molecule has 3 rings (SSSR count). The number of halogens is 1. The van der Waals surface area contributed by atoms with Gasteiger partial charge in [0.2, 0.25) is 5.91 Å². The van der Waals surface area contributed by atoms with E-state index in [1.54, 1.807) is 0 Å². The molecule has 0 radical (unpaired) electrons. The number of hydrogen-bond acceptors (Lipinski definition) is 4. The molecule has 0 unspecified atom stereocenters. The van der Waals surface area contributed by atoms with E-state index >= 15 is 0 Å². The van der Waals surface area contributed by atoms with Gasteiger partial charge < -0.3 is 5.32 Å². The third-order valence-electron chi connectivity index (χ3n) is 3.27. The zero-order valence-electron chi connectivity index (χ0n) is 12.9. The number of benzene rings is 2. The number of carbonyl (C=O) groups is 1. The van der Waals surface area contributed by atoms with Crippen LogP contribution in [0.15, 0.2) is 59.8 Å². The lowest BCUT2D eigenvalue weighted by molar-refractivity contribution is -0.113. The number of rotatable bonds is 5. The number of nitrogens with one attached hydrogen (secondary N) is 1.